The van der Waals surface area contributed by atoms with Gasteiger partial charge in [0, 0.05) is 25.4 Å². The minimum atomic E-state index is -3.01. The standard InChI is InChI=1S/C15H12Cl2F2N4O3/c1-22-5-8(12(21-22)13(18)19)14(24)23(15(25)26)10-3-7(10)11-9(17)2-6(16)4-20-11/h2,4-5,7,10,13H,3H2,1H3,(H,25,26). The Hall–Kier alpha value is -2.26. The van der Waals surface area contributed by atoms with Crippen LogP contribution in [0.4, 0.5) is 13.6 Å². The highest BCUT2D eigenvalue weighted by Crippen LogP contribution is 2.47. The number of alkyl halides is 2. The molecule has 1 saturated carbocycles. The number of imide groups is 1. The van der Waals surface area contributed by atoms with E-state index in [1.807, 2.05) is 0 Å². The van der Waals surface area contributed by atoms with Crippen molar-refractivity contribution >= 4 is 35.2 Å². The largest absolute Gasteiger partial charge is 0.465 e. The topological polar surface area (TPSA) is 88.3 Å². The highest BCUT2D eigenvalue weighted by Gasteiger charge is 2.50. The highest BCUT2D eigenvalue weighted by molar-refractivity contribution is 6.34. The van der Waals surface area contributed by atoms with E-state index in [4.69, 9.17) is 23.2 Å². The van der Waals surface area contributed by atoms with Crippen molar-refractivity contribution in [2.75, 3.05) is 0 Å². The summed E-state index contributed by atoms with van der Waals surface area (Å²) in [7, 11) is 1.37. The minimum Gasteiger partial charge on any atom is -0.465 e. The van der Waals surface area contributed by atoms with Gasteiger partial charge in [0.15, 0.2) is 0 Å². The van der Waals surface area contributed by atoms with Crippen LogP contribution in [-0.2, 0) is 7.05 Å². The van der Waals surface area contributed by atoms with Crippen LogP contribution in [0.15, 0.2) is 18.5 Å². The van der Waals surface area contributed by atoms with Crippen molar-refractivity contribution in [3.63, 3.8) is 0 Å². The van der Waals surface area contributed by atoms with Crippen LogP contribution in [0, 0.1) is 0 Å². The quantitative estimate of drug-likeness (QED) is 0.838. The maximum Gasteiger partial charge on any atom is 0.414 e. The van der Waals surface area contributed by atoms with Gasteiger partial charge in [-0.05, 0) is 12.5 Å². The summed E-state index contributed by atoms with van der Waals surface area (Å²) in [4.78, 5) is 28.8. The number of aromatic nitrogens is 3. The summed E-state index contributed by atoms with van der Waals surface area (Å²) in [5.41, 5.74) is -0.810. The molecule has 26 heavy (non-hydrogen) atoms. The van der Waals surface area contributed by atoms with Gasteiger partial charge in [0.1, 0.15) is 5.69 Å². The molecule has 0 radical (unpaired) electrons. The van der Waals surface area contributed by atoms with E-state index in [-0.39, 0.29) is 11.4 Å². The number of pyridine rings is 1. The van der Waals surface area contributed by atoms with Crippen molar-refractivity contribution in [1.82, 2.24) is 19.7 Å². The first-order chi connectivity index (χ1) is 12.2. The molecule has 2 amide bonds. The predicted octanol–water partition coefficient (Wildman–Crippen LogP) is 3.74. The number of hydrogen-bond acceptors (Lipinski definition) is 4. The summed E-state index contributed by atoms with van der Waals surface area (Å²) < 4.78 is 27.2. The van der Waals surface area contributed by atoms with Crippen molar-refractivity contribution in [3.05, 3.63) is 45.5 Å². The maximum atomic E-state index is 13.1. The zero-order valence-electron chi connectivity index (χ0n) is 13.2. The Morgan fingerprint density at radius 1 is 1.42 bits per heavy atom. The molecule has 2 unspecified atom stereocenters. The maximum absolute atomic E-state index is 13.1. The molecule has 3 rings (SSSR count). The SMILES string of the molecule is Cn1cc(C(=O)N(C(=O)O)C2CC2c2ncc(Cl)cc2Cl)c(C(F)F)n1. The van der Waals surface area contributed by atoms with Crippen LogP contribution in [0.3, 0.4) is 0 Å². The molecular weight excluding hydrogens is 393 g/mol. The van der Waals surface area contributed by atoms with E-state index in [9.17, 15) is 23.5 Å². The Balaban J connectivity index is 1.90. The second kappa shape index (κ2) is 6.81. The van der Waals surface area contributed by atoms with Crippen LogP contribution >= 0.6 is 23.2 Å². The first-order valence-corrected chi connectivity index (χ1v) is 8.15. The van der Waals surface area contributed by atoms with Crippen LogP contribution in [0.1, 0.15) is 40.5 Å². The molecule has 2 aromatic heterocycles. The van der Waals surface area contributed by atoms with Crippen LogP contribution in [0.25, 0.3) is 0 Å². The van der Waals surface area contributed by atoms with Gasteiger partial charge in [0.2, 0.25) is 0 Å². The smallest absolute Gasteiger partial charge is 0.414 e. The zero-order chi connectivity index (χ0) is 19.2. The number of carboxylic acid groups (broad SMARTS) is 1. The van der Waals surface area contributed by atoms with Crippen LogP contribution in [0.5, 0.6) is 0 Å². The molecule has 0 saturated heterocycles. The molecule has 0 bridgehead atoms. The highest BCUT2D eigenvalue weighted by atomic mass is 35.5. The average molecular weight is 405 g/mol. The molecule has 0 spiro atoms. The van der Waals surface area contributed by atoms with E-state index in [1.54, 1.807) is 0 Å². The molecule has 2 heterocycles. The molecule has 1 fully saturated rings. The van der Waals surface area contributed by atoms with E-state index in [1.165, 1.54) is 19.3 Å². The van der Waals surface area contributed by atoms with Gasteiger partial charge >= 0.3 is 6.09 Å². The van der Waals surface area contributed by atoms with Crippen LogP contribution < -0.4 is 0 Å². The van der Waals surface area contributed by atoms with Gasteiger partial charge in [0.05, 0.1) is 27.3 Å². The number of halogens is 4. The minimum absolute atomic E-state index is 0.248. The lowest BCUT2D eigenvalue weighted by Gasteiger charge is -2.17. The third-order valence-electron chi connectivity index (χ3n) is 4.00. The number of amides is 2. The van der Waals surface area contributed by atoms with Gasteiger partial charge < -0.3 is 5.11 Å². The van der Waals surface area contributed by atoms with E-state index < -0.39 is 41.6 Å². The monoisotopic (exact) mass is 404 g/mol. The molecule has 1 N–H and O–H groups in total. The van der Waals surface area contributed by atoms with Crippen molar-refractivity contribution in [2.24, 2.45) is 7.05 Å². The molecule has 1 aliphatic rings. The lowest BCUT2D eigenvalue weighted by atomic mass is 10.2. The van der Waals surface area contributed by atoms with Gasteiger partial charge in [-0.3, -0.25) is 14.5 Å². The predicted molar refractivity (Wildman–Crippen MR) is 87.8 cm³/mol. The van der Waals surface area contributed by atoms with E-state index in [2.05, 4.69) is 10.1 Å². The summed E-state index contributed by atoms with van der Waals surface area (Å²) >= 11 is 11.9. The average Bonchev–Trinajstić information content (AvgIpc) is 3.18. The van der Waals surface area contributed by atoms with E-state index >= 15 is 0 Å². The fraction of sp³-hybridized carbons (Fsp3) is 0.333. The Bertz CT molecular complexity index is 890. The molecular formula is C15H12Cl2F2N4O3. The van der Waals surface area contributed by atoms with Gasteiger partial charge in [0.25, 0.3) is 12.3 Å². The first kappa shape index (κ1) is 18.5. The van der Waals surface area contributed by atoms with Gasteiger partial charge in [-0.15, -0.1) is 0 Å². The third kappa shape index (κ3) is 3.36. The summed E-state index contributed by atoms with van der Waals surface area (Å²) in [6.07, 6.45) is -1.83. The lowest BCUT2D eigenvalue weighted by molar-refractivity contribution is 0.0714. The first-order valence-electron chi connectivity index (χ1n) is 7.39. The fourth-order valence-corrected chi connectivity index (χ4v) is 3.32. The van der Waals surface area contributed by atoms with Crippen LogP contribution in [0.2, 0.25) is 10.0 Å². The van der Waals surface area contributed by atoms with Crippen LogP contribution in [-0.4, -0.2) is 42.8 Å². The van der Waals surface area contributed by atoms with E-state index in [0.29, 0.717) is 15.6 Å². The Morgan fingerprint density at radius 2 is 2.12 bits per heavy atom. The number of rotatable bonds is 4. The summed E-state index contributed by atoms with van der Waals surface area (Å²) in [6, 6.07) is 0.709. The Labute approximate surface area is 156 Å². The van der Waals surface area contributed by atoms with Crippen molar-refractivity contribution in [2.45, 2.75) is 24.8 Å². The van der Waals surface area contributed by atoms with Gasteiger partial charge in [-0.1, -0.05) is 23.2 Å². The molecule has 7 nitrogen and oxygen atoms in total. The number of nitrogens with zero attached hydrogens (tertiary/aromatic N) is 4. The third-order valence-corrected chi connectivity index (χ3v) is 4.50. The van der Waals surface area contributed by atoms with Gasteiger partial charge in [-0.25, -0.2) is 18.5 Å². The summed E-state index contributed by atoms with van der Waals surface area (Å²) in [5.74, 6) is -1.48. The second-order valence-electron chi connectivity index (χ2n) is 5.79. The second-order valence-corrected chi connectivity index (χ2v) is 6.63. The van der Waals surface area contributed by atoms with Crippen molar-refractivity contribution < 1.29 is 23.5 Å². The summed E-state index contributed by atoms with van der Waals surface area (Å²) in [6.45, 7) is 0. The Kier molecular flexibility index (Phi) is 4.85. The van der Waals surface area contributed by atoms with Crippen molar-refractivity contribution in [3.8, 4) is 0 Å². The fourth-order valence-electron chi connectivity index (χ4n) is 2.80. The van der Waals surface area contributed by atoms with Gasteiger partial charge in [-0.2, -0.15) is 5.10 Å². The number of aryl methyl sites for hydroxylation is 1. The molecule has 11 heteroatoms. The molecule has 1 aliphatic carbocycles. The van der Waals surface area contributed by atoms with E-state index in [0.717, 1.165) is 10.9 Å². The number of carbonyl (C=O) groups is 2. The lowest BCUT2D eigenvalue weighted by Crippen LogP contribution is -2.38. The molecule has 2 aromatic rings. The summed E-state index contributed by atoms with van der Waals surface area (Å²) in [5, 5.41) is 13.5. The van der Waals surface area contributed by atoms with Crippen molar-refractivity contribution in [1.29, 1.82) is 0 Å². The normalized spacial score (nSPS) is 18.8. The Morgan fingerprint density at radius 3 is 2.69 bits per heavy atom. The molecule has 0 aromatic carbocycles. The molecule has 138 valence electrons. The number of carbonyl (C=O) groups excluding carboxylic acids is 1. The number of hydrogen-bond donors (Lipinski definition) is 1. The molecule has 0 aliphatic heterocycles. The zero-order valence-corrected chi connectivity index (χ0v) is 14.7. The molecule has 2 atom stereocenters.